The number of hydrogen-bond donors (Lipinski definition) is 2. The first-order valence-corrected chi connectivity index (χ1v) is 8.40. The second-order valence-corrected chi connectivity index (χ2v) is 7.07. The van der Waals surface area contributed by atoms with Crippen molar-refractivity contribution in [3.05, 3.63) is 35.4 Å². The van der Waals surface area contributed by atoms with Crippen molar-refractivity contribution in [1.82, 2.24) is 5.32 Å². The van der Waals surface area contributed by atoms with Gasteiger partial charge in [0, 0.05) is 13.7 Å². The van der Waals surface area contributed by atoms with E-state index in [1.807, 2.05) is 24.3 Å². The molecule has 6 heteroatoms. The van der Waals surface area contributed by atoms with Crippen molar-refractivity contribution in [1.29, 1.82) is 0 Å². The van der Waals surface area contributed by atoms with Crippen molar-refractivity contribution >= 4 is 11.9 Å². The van der Waals surface area contributed by atoms with Crippen LogP contribution in [0.1, 0.15) is 50.8 Å². The molecule has 6 nitrogen and oxygen atoms in total. The molecule has 2 unspecified atom stereocenters. The van der Waals surface area contributed by atoms with Crippen molar-refractivity contribution in [3.63, 3.8) is 0 Å². The predicted octanol–water partition coefficient (Wildman–Crippen LogP) is 2.07. The van der Waals surface area contributed by atoms with Crippen molar-refractivity contribution < 1.29 is 19.1 Å². The second kappa shape index (κ2) is 9.53. The van der Waals surface area contributed by atoms with Gasteiger partial charge in [0.2, 0.25) is 5.91 Å². The number of carbonyl (C=O) groups excluding carboxylic acids is 2. The molecule has 1 amide bonds. The molecule has 140 valence electrons. The fourth-order valence-corrected chi connectivity index (χ4v) is 2.44. The summed E-state index contributed by atoms with van der Waals surface area (Å²) in [7, 11) is 2.85. The molecule has 3 N–H and O–H groups in total. The zero-order chi connectivity index (χ0) is 19.0. The molecule has 0 saturated carbocycles. The molecule has 0 aliphatic carbocycles. The summed E-state index contributed by atoms with van der Waals surface area (Å²) in [6.45, 7) is 6.65. The predicted molar refractivity (Wildman–Crippen MR) is 97.1 cm³/mol. The van der Waals surface area contributed by atoms with Crippen molar-refractivity contribution in [2.45, 2.75) is 51.2 Å². The Hall–Kier alpha value is -1.92. The first-order chi connectivity index (χ1) is 11.7. The maximum atomic E-state index is 12.3. The van der Waals surface area contributed by atoms with Crippen molar-refractivity contribution in [3.8, 4) is 0 Å². The number of carbonyl (C=O) groups is 2. The highest BCUT2D eigenvalue weighted by Gasteiger charge is 2.21. The molecule has 0 aromatic heterocycles. The van der Waals surface area contributed by atoms with Crippen LogP contribution in [0.3, 0.4) is 0 Å². The van der Waals surface area contributed by atoms with E-state index >= 15 is 0 Å². The largest absolute Gasteiger partial charge is 0.469 e. The van der Waals surface area contributed by atoms with E-state index in [4.69, 9.17) is 15.2 Å². The average molecular weight is 350 g/mol. The third-order valence-corrected chi connectivity index (χ3v) is 4.12. The van der Waals surface area contributed by atoms with E-state index in [0.29, 0.717) is 0 Å². The van der Waals surface area contributed by atoms with Crippen LogP contribution in [0.2, 0.25) is 0 Å². The van der Waals surface area contributed by atoms with Gasteiger partial charge in [-0.2, -0.15) is 0 Å². The molecule has 0 aliphatic heterocycles. The molecule has 0 radical (unpaired) electrons. The Balaban J connectivity index is 2.92. The van der Waals surface area contributed by atoms with Crippen LogP contribution < -0.4 is 11.1 Å². The molecule has 1 rings (SSSR count). The number of benzene rings is 1. The maximum Gasteiger partial charge on any atom is 0.307 e. The van der Waals surface area contributed by atoms with E-state index in [1.165, 1.54) is 19.8 Å². The van der Waals surface area contributed by atoms with Gasteiger partial charge in [0.1, 0.15) is 0 Å². The van der Waals surface area contributed by atoms with Gasteiger partial charge in [0.05, 0.1) is 32.1 Å². The number of esters is 1. The number of amides is 1. The lowest BCUT2D eigenvalue weighted by Gasteiger charge is -2.22. The van der Waals surface area contributed by atoms with Crippen LogP contribution in [0.5, 0.6) is 0 Å². The number of ether oxygens (including phenoxy) is 2. The summed E-state index contributed by atoms with van der Waals surface area (Å²) in [5.74, 6) is -0.599. The molecule has 0 aliphatic rings. The molecule has 1 aromatic carbocycles. The van der Waals surface area contributed by atoms with Crippen LogP contribution in [0.15, 0.2) is 24.3 Å². The number of methoxy groups -OCH3 is 2. The van der Waals surface area contributed by atoms with Gasteiger partial charge >= 0.3 is 5.97 Å². The molecule has 1 aromatic rings. The molecule has 0 heterocycles. The van der Waals surface area contributed by atoms with E-state index < -0.39 is 6.04 Å². The fourth-order valence-electron chi connectivity index (χ4n) is 2.44. The fraction of sp³-hybridized carbons (Fsp3) is 0.579. The molecular weight excluding hydrogens is 320 g/mol. The standard InChI is InChI=1S/C19H30N2O4/c1-19(2,3)14-8-6-13(7-9-14)16(11-18(23)25-5)21-17(22)10-15(12-20)24-4/h6-9,15-16H,10-12,20H2,1-5H3,(H,21,22). The summed E-state index contributed by atoms with van der Waals surface area (Å²) >= 11 is 0. The normalized spacial score (nSPS) is 13.8. The van der Waals surface area contributed by atoms with Gasteiger partial charge in [-0.05, 0) is 16.5 Å². The Kier molecular flexibility index (Phi) is 8.06. The molecule has 2 atom stereocenters. The van der Waals surface area contributed by atoms with E-state index in [2.05, 4.69) is 26.1 Å². The van der Waals surface area contributed by atoms with E-state index in [0.717, 1.165) is 5.56 Å². The van der Waals surface area contributed by atoms with Gasteiger partial charge in [0.25, 0.3) is 0 Å². The summed E-state index contributed by atoms with van der Waals surface area (Å²) in [5.41, 5.74) is 7.63. The van der Waals surface area contributed by atoms with Gasteiger partial charge in [0.15, 0.2) is 0 Å². The Morgan fingerprint density at radius 1 is 1.12 bits per heavy atom. The van der Waals surface area contributed by atoms with Crippen LogP contribution >= 0.6 is 0 Å². The van der Waals surface area contributed by atoms with Crippen LogP contribution in [-0.2, 0) is 24.5 Å². The Morgan fingerprint density at radius 3 is 2.16 bits per heavy atom. The molecule has 0 fully saturated rings. The van der Waals surface area contributed by atoms with Crippen molar-refractivity contribution in [2.24, 2.45) is 5.73 Å². The minimum atomic E-state index is -0.454. The monoisotopic (exact) mass is 350 g/mol. The highest BCUT2D eigenvalue weighted by atomic mass is 16.5. The van der Waals surface area contributed by atoms with E-state index in [-0.39, 0.29) is 42.8 Å². The summed E-state index contributed by atoms with van der Waals surface area (Å²) in [4.78, 5) is 24.0. The maximum absolute atomic E-state index is 12.3. The highest BCUT2D eigenvalue weighted by molar-refractivity contribution is 5.78. The Morgan fingerprint density at radius 2 is 1.72 bits per heavy atom. The van der Waals surface area contributed by atoms with Crippen LogP contribution in [-0.4, -0.2) is 38.7 Å². The quantitative estimate of drug-likeness (QED) is 0.701. The third kappa shape index (κ3) is 6.84. The topological polar surface area (TPSA) is 90.7 Å². The summed E-state index contributed by atoms with van der Waals surface area (Å²) in [5, 5.41) is 2.88. The molecule has 25 heavy (non-hydrogen) atoms. The second-order valence-electron chi connectivity index (χ2n) is 7.07. The van der Waals surface area contributed by atoms with Gasteiger partial charge in [-0.25, -0.2) is 0 Å². The minimum absolute atomic E-state index is 0.0342. The highest BCUT2D eigenvalue weighted by Crippen LogP contribution is 2.25. The van der Waals surface area contributed by atoms with E-state index in [9.17, 15) is 9.59 Å². The number of nitrogens with one attached hydrogen (secondary N) is 1. The van der Waals surface area contributed by atoms with Crippen LogP contribution in [0, 0.1) is 0 Å². The Labute approximate surface area is 150 Å². The lowest BCUT2D eigenvalue weighted by molar-refractivity contribution is -0.141. The van der Waals surface area contributed by atoms with Gasteiger partial charge < -0.3 is 20.5 Å². The molecule has 0 saturated heterocycles. The summed E-state index contributed by atoms with van der Waals surface area (Å²) < 4.78 is 9.89. The average Bonchev–Trinajstić information content (AvgIpc) is 2.58. The number of nitrogens with two attached hydrogens (primary N) is 1. The van der Waals surface area contributed by atoms with Gasteiger partial charge in [-0.15, -0.1) is 0 Å². The zero-order valence-corrected chi connectivity index (χ0v) is 15.8. The summed E-state index contributed by atoms with van der Waals surface area (Å²) in [6, 6.07) is 7.45. The van der Waals surface area contributed by atoms with Crippen LogP contribution in [0.25, 0.3) is 0 Å². The number of rotatable bonds is 8. The molecular formula is C19H30N2O4. The van der Waals surface area contributed by atoms with Gasteiger partial charge in [-0.1, -0.05) is 45.0 Å². The first kappa shape index (κ1) is 21.1. The van der Waals surface area contributed by atoms with E-state index in [1.54, 1.807) is 0 Å². The van der Waals surface area contributed by atoms with Crippen molar-refractivity contribution in [2.75, 3.05) is 20.8 Å². The zero-order valence-electron chi connectivity index (χ0n) is 15.8. The van der Waals surface area contributed by atoms with Gasteiger partial charge in [-0.3, -0.25) is 9.59 Å². The van der Waals surface area contributed by atoms with Crippen LogP contribution in [0.4, 0.5) is 0 Å². The molecule has 0 bridgehead atoms. The third-order valence-electron chi connectivity index (χ3n) is 4.12. The molecule has 0 spiro atoms. The lowest BCUT2D eigenvalue weighted by atomic mass is 9.86. The summed E-state index contributed by atoms with van der Waals surface area (Å²) in [6.07, 6.45) is -0.135. The first-order valence-electron chi connectivity index (χ1n) is 8.40. The SMILES string of the molecule is COC(=O)CC(NC(=O)CC(CN)OC)c1ccc(C(C)(C)C)cc1. The lowest BCUT2D eigenvalue weighted by Crippen LogP contribution is -2.35. The Bertz CT molecular complexity index is 560. The number of hydrogen-bond acceptors (Lipinski definition) is 5. The smallest absolute Gasteiger partial charge is 0.307 e. The minimum Gasteiger partial charge on any atom is -0.469 e.